The molecule has 1 heterocycles. The molecule has 0 saturated heterocycles. The topological polar surface area (TPSA) is 51.5 Å². The van der Waals surface area contributed by atoms with Gasteiger partial charge in [-0.15, -0.1) is 0 Å². The first-order valence-electron chi connectivity index (χ1n) is 6.42. The smallest absolute Gasteiger partial charge is 0.339 e. The minimum Gasteiger partial charge on any atom is -0.464 e. The van der Waals surface area contributed by atoms with E-state index < -0.39 is 17.3 Å². The quantitative estimate of drug-likeness (QED) is 0.821. The van der Waals surface area contributed by atoms with E-state index in [1.165, 1.54) is 12.1 Å². The average molecular weight is 356 g/mol. The number of carbonyl (C=O) groups is 1. The van der Waals surface area contributed by atoms with Crippen LogP contribution in [0.15, 0.2) is 45.5 Å². The van der Waals surface area contributed by atoms with Crippen LogP contribution in [0.2, 0.25) is 0 Å². The van der Waals surface area contributed by atoms with Crippen molar-refractivity contribution in [2.45, 2.75) is 19.4 Å². The summed E-state index contributed by atoms with van der Waals surface area (Å²) in [4.78, 5) is 12.3. The van der Waals surface area contributed by atoms with Gasteiger partial charge in [-0.1, -0.05) is 6.07 Å². The number of benzene rings is 1. The number of rotatable bonds is 5. The van der Waals surface area contributed by atoms with Gasteiger partial charge in [-0.3, -0.25) is 0 Å². The van der Waals surface area contributed by atoms with Crippen molar-refractivity contribution in [2.24, 2.45) is 0 Å². The number of esters is 1. The number of ether oxygens (including phenoxy) is 1. The van der Waals surface area contributed by atoms with Gasteiger partial charge < -0.3 is 14.5 Å². The molecule has 0 spiro atoms. The van der Waals surface area contributed by atoms with Crippen molar-refractivity contribution in [3.63, 3.8) is 0 Å². The van der Waals surface area contributed by atoms with Gasteiger partial charge in [0, 0.05) is 5.69 Å². The lowest BCUT2D eigenvalue weighted by Gasteiger charge is -2.27. The Labute approximate surface area is 130 Å². The molecule has 0 aliphatic rings. The van der Waals surface area contributed by atoms with Crippen LogP contribution in [-0.2, 0) is 15.1 Å². The van der Waals surface area contributed by atoms with E-state index in [1.807, 2.05) is 0 Å². The zero-order valence-electron chi connectivity index (χ0n) is 11.7. The molecular weight excluding hydrogens is 341 g/mol. The molecular formula is C15H15BrFNO3. The molecule has 1 aromatic carbocycles. The van der Waals surface area contributed by atoms with E-state index >= 15 is 0 Å². The van der Waals surface area contributed by atoms with Crippen LogP contribution in [0.4, 0.5) is 10.1 Å². The Morgan fingerprint density at radius 3 is 2.76 bits per heavy atom. The second-order valence-corrected chi connectivity index (χ2v) is 5.37. The summed E-state index contributed by atoms with van der Waals surface area (Å²) in [6.45, 7) is 3.58. The van der Waals surface area contributed by atoms with Crippen molar-refractivity contribution in [1.29, 1.82) is 0 Å². The first kappa shape index (κ1) is 15.6. The van der Waals surface area contributed by atoms with E-state index in [-0.39, 0.29) is 6.61 Å². The maximum absolute atomic E-state index is 13.3. The van der Waals surface area contributed by atoms with E-state index in [9.17, 15) is 9.18 Å². The molecule has 2 rings (SSSR count). The molecule has 2 aromatic rings. The highest BCUT2D eigenvalue weighted by atomic mass is 79.9. The maximum Gasteiger partial charge on any atom is 0.339 e. The summed E-state index contributed by atoms with van der Waals surface area (Å²) < 4.78 is 24.4. The fourth-order valence-corrected chi connectivity index (χ4v) is 2.23. The molecule has 21 heavy (non-hydrogen) atoms. The fourth-order valence-electron chi connectivity index (χ4n) is 1.93. The molecule has 0 bridgehead atoms. The molecule has 0 saturated carbocycles. The number of halogens is 2. The van der Waals surface area contributed by atoms with Crippen LogP contribution in [0.3, 0.4) is 0 Å². The second kappa shape index (κ2) is 6.30. The third kappa shape index (κ3) is 3.44. The van der Waals surface area contributed by atoms with Crippen molar-refractivity contribution in [3.8, 4) is 0 Å². The summed E-state index contributed by atoms with van der Waals surface area (Å²) in [5.41, 5.74) is -0.798. The van der Waals surface area contributed by atoms with Gasteiger partial charge >= 0.3 is 5.97 Å². The Bertz CT molecular complexity index is 643. The highest BCUT2D eigenvalue weighted by Crippen LogP contribution is 2.31. The summed E-state index contributed by atoms with van der Waals surface area (Å²) in [7, 11) is 0. The maximum atomic E-state index is 13.3. The van der Waals surface area contributed by atoms with E-state index in [4.69, 9.17) is 9.15 Å². The zero-order valence-corrected chi connectivity index (χ0v) is 13.2. The third-order valence-electron chi connectivity index (χ3n) is 2.97. The number of hydrogen-bond acceptors (Lipinski definition) is 4. The molecule has 1 aromatic heterocycles. The van der Waals surface area contributed by atoms with Crippen LogP contribution in [0.25, 0.3) is 0 Å². The van der Waals surface area contributed by atoms with Gasteiger partial charge in [0.1, 0.15) is 11.6 Å². The van der Waals surface area contributed by atoms with E-state index in [2.05, 4.69) is 21.2 Å². The minimum absolute atomic E-state index is 0.237. The molecule has 0 aliphatic carbocycles. The van der Waals surface area contributed by atoms with Crippen molar-refractivity contribution in [1.82, 2.24) is 0 Å². The number of anilines is 1. The van der Waals surface area contributed by atoms with E-state index in [1.54, 1.807) is 38.1 Å². The summed E-state index contributed by atoms with van der Waals surface area (Å²) in [6.07, 6.45) is 0. The highest BCUT2D eigenvalue weighted by molar-refractivity contribution is 9.10. The van der Waals surface area contributed by atoms with E-state index in [0.29, 0.717) is 16.1 Å². The number of hydrogen-bond donors (Lipinski definition) is 1. The molecule has 112 valence electrons. The number of carbonyl (C=O) groups excluding carboxylic acids is 1. The Balaban J connectivity index is 2.38. The SMILES string of the molecule is CCOC(=O)C(C)(Nc1cccc(F)c1)c1ccc(Br)o1. The molecule has 1 unspecified atom stereocenters. The normalized spacial score (nSPS) is 13.5. The first-order valence-corrected chi connectivity index (χ1v) is 7.22. The average Bonchev–Trinajstić information content (AvgIpc) is 2.86. The van der Waals surface area contributed by atoms with Crippen LogP contribution < -0.4 is 5.32 Å². The highest BCUT2D eigenvalue weighted by Gasteiger charge is 2.40. The second-order valence-electron chi connectivity index (χ2n) is 4.58. The Morgan fingerprint density at radius 2 is 2.19 bits per heavy atom. The van der Waals surface area contributed by atoms with Crippen molar-refractivity contribution >= 4 is 27.6 Å². The predicted molar refractivity (Wildman–Crippen MR) is 80.4 cm³/mol. The van der Waals surface area contributed by atoms with Crippen LogP contribution in [0.1, 0.15) is 19.6 Å². The van der Waals surface area contributed by atoms with Gasteiger partial charge in [-0.25, -0.2) is 9.18 Å². The van der Waals surface area contributed by atoms with Crippen LogP contribution >= 0.6 is 15.9 Å². The summed E-state index contributed by atoms with van der Waals surface area (Å²) in [5, 5.41) is 2.98. The van der Waals surface area contributed by atoms with Crippen molar-refractivity contribution < 1.29 is 18.3 Å². The van der Waals surface area contributed by atoms with Gasteiger partial charge in [0.05, 0.1) is 6.61 Å². The largest absolute Gasteiger partial charge is 0.464 e. The zero-order chi connectivity index (χ0) is 15.5. The van der Waals surface area contributed by atoms with Gasteiger partial charge in [-0.2, -0.15) is 0 Å². The summed E-state index contributed by atoms with van der Waals surface area (Å²) in [5.74, 6) is -0.528. The van der Waals surface area contributed by atoms with Gasteiger partial charge in [0.2, 0.25) is 0 Å². The fraction of sp³-hybridized carbons (Fsp3) is 0.267. The van der Waals surface area contributed by atoms with Crippen LogP contribution in [0, 0.1) is 5.82 Å². The summed E-state index contributed by atoms with van der Waals surface area (Å²) >= 11 is 3.20. The third-order valence-corrected chi connectivity index (χ3v) is 3.39. The molecule has 0 fully saturated rings. The lowest BCUT2D eigenvalue weighted by Crippen LogP contribution is -2.41. The van der Waals surface area contributed by atoms with Gasteiger partial charge in [-0.05, 0) is 60.1 Å². The molecule has 6 heteroatoms. The lowest BCUT2D eigenvalue weighted by atomic mass is 9.98. The van der Waals surface area contributed by atoms with Crippen LogP contribution in [-0.4, -0.2) is 12.6 Å². The molecule has 1 atom stereocenters. The monoisotopic (exact) mass is 355 g/mol. The van der Waals surface area contributed by atoms with Crippen LogP contribution in [0.5, 0.6) is 0 Å². The Morgan fingerprint density at radius 1 is 1.43 bits per heavy atom. The van der Waals surface area contributed by atoms with Crippen molar-refractivity contribution in [2.75, 3.05) is 11.9 Å². The van der Waals surface area contributed by atoms with Crippen molar-refractivity contribution in [3.05, 3.63) is 52.6 Å². The number of furan rings is 1. The minimum atomic E-state index is -1.25. The van der Waals surface area contributed by atoms with E-state index in [0.717, 1.165) is 0 Å². The van der Waals surface area contributed by atoms with Gasteiger partial charge in [0.25, 0.3) is 0 Å². The molecule has 0 aliphatic heterocycles. The summed E-state index contributed by atoms with van der Waals surface area (Å²) in [6, 6.07) is 9.19. The lowest BCUT2D eigenvalue weighted by molar-refractivity contribution is -0.149. The molecule has 0 amide bonds. The number of nitrogens with one attached hydrogen (secondary N) is 1. The Kier molecular flexibility index (Phi) is 4.67. The Hall–Kier alpha value is -1.82. The standard InChI is InChI=1S/C15H15BrFNO3/c1-3-20-14(19)15(2,12-7-8-13(16)21-12)18-11-6-4-5-10(17)9-11/h4-9,18H,3H2,1-2H3. The van der Waals surface area contributed by atoms with Gasteiger partial charge in [0.15, 0.2) is 10.2 Å². The first-order chi connectivity index (χ1) is 9.95. The molecule has 0 radical (unpaired) electrons. The predicted octanol–water partition coefficient (Wildman–Crippen LogP) is 4.07. The molecule has 1 N–H and O–H groups in total. The molecule has 4 nitrogen and oxygen atoms in total.